The molecule has 8 heteroatoms. The van der Waals surface area contributed by atoms with Gasteiger partial charge in [-0.05, 0) is 47.9 Å². The largest absolute Gasteiger partial charge is 0.447 e. The molecule has 4 aromatic carbocycles. The van der Waals surface area contributed by atoms with Crippen molar-refractivity contribution in [2.75, 3.05) is 13.2 Å². The van der Waals surface area contributed by atoms with Crippen molar-refractivity contribution in [3.8, 4) is 0 Å². The molecule has 2 fully saturated rings. The molecule has 6 rings (SSSR count). The maximum atomic E-state index is 14.3. The Balaban J connectivity index is 1.30. The number of imide groups is 2. The summed E-state index contributed by atoms with van der Waals surface area (Å²) in [5.74, 6) is -1.47. The number of hydrogen-bond acceptors (Lipinski definition) is 6. The molecule has 0 radical (unpaired) electrons. The molecule has 8 nitrogen and oxygen atoms in total. The van der Waals surface area contributed by atoms with Gasteiger partial charge in [-0.2, -0.15) is 0 Å². The van der Waals surface area contributed by atoms with E-state index in [1.165, 1.54) is 9.80 Å². The third-order valence-corrected chi connectivity index (χ3v) is 8.84. The molecular formula is C40H38N2O6. The standard InChI is InChI=1S/C40H38N2O6/c43-37(41-35(27-47-39(41)45)25-31-17-9-3-10-18-31)33(23-29-13-5-1-6-14-29)21-22-34(24-30-15-7-2-8-16-30)38(44)42-36(28-48-40(42)46)26-32-19-11-4-12-20-32/h1-21,34-36H,22-28H2/t34-,35+,36+/m1/s1. The fourth-order valence-corrected chi connectivity index (χ4v) is 6.37. The molecule has 0 spiro atoms. The Morgan fingerprint density at radius 2 is 1.06 bits per heavy atom. The van der Waals surface area contributed by atoms with Gasteiger partial charge in [0.2, 0.25) is 5.91 Å². The van der Waals surface area contributed by atoms with E-state index in [1.807, 2.05) is 121 Å². The minimum absolute atomic E-state index is 0.104. The highest BCUT2D eigenvalue weighted by Gasteiger charge is 2.42. The van der Waals surface area contributed by atoms with Gasteiger partial charge in [0.1, 0.15) is 13.2 Å². The van der Waals surface area contributed by atoms with Crippen molar-refractivity contribution in [1.29, 1.82) is 0 Å². The lowest BCUT2D eigenvalue weighted by molar-refractivity contribution is -0.133. The lowest BCUT2D eigenvalue weighted by Gasteiger charge is -2.25. The summed E-state index contributed by atoms with van der Waals surface area (Å²) in [5.41, 5.74) is 4.19. The summed E-state index contributed by atoms with van der Waals surface area (Å²) in [7, 11) is 0. The Kier molecular flexibility index (Phi) is 10.4. The van der Waals surface area contributed by atoms with Gasteiger partial charge in [0.15, 0.2) is 0 Å². The van der Waals surface area contributed by atoms with Crippen molar-refractivity contribution in [1.82, 2.24) is 9.80 Å². The Hall–Kier alpha value is -5.50. The predicted octanol–water partition coefficient (Wildman–Crippen LogP) is 6.58. The lowest BCUT2D eigenvalue weighted by Crippen LogP contribution is -2.44. The van der Waals surface area contributed by atoms with Crippen LogP contribution in [0.25, 0.3) is 0 Å². The topological polar surface area (TPSA) is 93.2 Å². The molecule has 0 aliphatic carbocycles. The van der Waals surface area contributed by atoms with E-state index < -0.39 is 36.1 Å². The average Bonchev–Trinajstić information content (AvgIpc) is 3.67. The van der Waals surface area contributed by atoms with E-state index in [9.17, 15) is 19.2 Å². The number of carbonyl (C=O) groups is 4. The maximum absolute atomic E-state index is 14.3. The highest BCUT2D eigenvalue weighted by atomic mass is 16.6. The van der Waals surface area contributed by atoms with E-state index in [1.54, 1.807) is 6.08 Å². The number of nitrogens with zero attached hydrogens (tertiary/aromatic N) is 2. The van der Waals surface area contributed by atoms with Gasteiger partial charge in [0, 0.05) is 17.9 Å². The van der Waals surface area contributed by atoms with Crippen molar-refractivity contribution in [3.05, 3.63) is 155 Å². The van der Waals surface area contributed by atoms with Gasteiger partial charge in [-0.15, -0.1) is 0 Å². The van der Waals surface area contributed by atoms with E-state index in [4.69, 9.17) is 9.47 Å². The van der Waals surface area contributed by atoms with E-state index in [-0.39, 0.29) is 32.0 Å². The first-order chi connectivity index (χ1) is 23.5. The summed E-state index contributed by atoms with van der Waals surface area (Å²) in [6.45, 7) is 0.220. The zero-order chi connectivity index (χ0) is 33.3. The molecule has 0 saturated carbocycles. The van der Waals surface area contributed by atoms with Gasteiger partial charge in [-0.1, -0.05) is 127 Å². The Labute approximate surface area is 280 Å². The van der Waals surface area contributed by atoms with Crippen LogP contribution in [0, 0.1) is 5.92 Å². The van der Waals surface area contributed by atoms with Crippen LogP contribution in [-0.4, -0.2) is 59.1 Å². The van der Waals surface area contributed by atoms with Gasteiger partial charge in [0.05, 0.1) is 12.1 Å². The van der Waals surface area contributed by atoms with Crippen molar-refractivity contribution in [2.24, 2.45) is 5.92 Å². The van der Waals surface area contributed by atoms with Crippen LogP contribution in [0.2, 0.25) is 0 Å². The summed E-state index contributed by atoms with van der Waals surface area (Å²) < 4.78 is 10.8. The first-order valence-corrected chi connectivity index (χ1v) is 16.3. The van der Waals surface area contributed by atoms with Crippen molar-refractivity contribution in [3.63, 3.8) is 0 Å². The van der Waals surface area contributed by atoms with Gasteiger partial charge < -0.3 is 9.47 Å². The minimum atomic E-state index is -0.680. The number of benzene rings is 4. The fraction of sp³-hybridized carbons (Fsp3) is 0.250. The zero-order valence-corrected chi connectivity index (χ0v) is 26.7. The lowest BCUT2D eigenvalue weighted by atomic mass is 9.91. The summed E-state index contributed by atoms with van der Waals surface area (Å²) in [6, 6.07) is 37.6. The first-order valence-electron chi connectivity index (χ1n) is 16.3. The number of cyclic esters (lactones) is 2. The molecule has 3 atom stereocenters. The highest BCUT2D eigenvalue weighted by molar-refractivity contribution is 6.04. The van der Waals surface area contributed by atoms with E-state index >= 15 is 0 Å². The molecule has 4 amide bonds. The first kappa shape index (κ1) is 32.4. The molecule has 0 N–H and O–H groups in total. The second kappa shape index (κ2) is 15.4. The molecule has 0 aromatic heterocycles. The molecule has 0 bridgehead atoms. The molecule has 0 unspecified atom stereocenters. The number of carbonyl (C=O) groups excluding carboxylic acids is 4. The van der Waals surface area contributed by atoms with Gasteiger partial charge >= 0.3 is 12.2 Å². The van der Waals surface area contributed by atoms with Crippen LogP contribution in [-0.2, 0) is 44.7 Å². The van der Waals surface area contributed by atoms with Crippen LogP contribution in [0.3, 0.4) is 0 Å². The number of ether oxygens (including phenoxy) is 2. The Bertz CT molecular complexity index is 1740. The predicted molar refractivity (Wildman–Crippen MR) is 181 cm³/mol. The molecule has 2 aliphatic rings. The van der Waals surface area contributed by atoms with E-state index in [0.717, 1.165) is 22.3 Å². The molecule has 48 heavy (non-hydrogen) atoms. The van der Waals surface area contributed by atoms with Gasteiger partial charge in [-0.25, -0.2) is 19.4 Å². The SMILES string of the molecule is O=C1OC[C@H](Cc2ccccc2)N1C(=O)C(=CC[C@H](Cc1ccccc1)C(=O)N1C(=O)OC[C@@H]1Cc1ccccc1)Cc1ccccc1. The smallest absolute Gasteiger partial charge is 0.417 e. The quantitative estimate of drug-likeness (QED) is 0.162. The second-order valence-electron chi connectivity index (χ2n) is 12.2. The van der Waals surface area contributed by atoms with Crippen LogP contribution in [0.5, 0.6) is 0 Å². The van der Waals surface area contributed by atoms with Crippen molar-refractivity contribution in [2.45, 2.75) is 44.2 Å². The van der Waals surface area contributed by atoms with Crippen LogP contribution >= 0.6 is 0 Å². The van der Waals surface area contributed by atoms with Crippen molar-refractivity contribution >= 4 is 24.0 Å². The molecule has 2 saturated heterocycles. The Morgan fingerprint density at radius 1 is 0.625 bits per heavy atom. The second-order valence-corrected chi connectivity index (χ2v) is 12.2. The third-order valence-electron chi connectivity index (χ3n) is 8.84. The minimum Gasteiger partial charge on any atom is -0.447 e. The monoisotopic (exact) mass is 642 g/mol. The number of rotatable bonds is 12. The fourth-order valence-electron chi connectivity index (χ4n) is 6.37. The summed E-state index contributed by atoms with van der Waals surface area (Å²) >= 11 is 0. The van der Waals surface area contributed by atoms with Crippen LogP contribution in [0.15, 0.2) is 133 Å². The Morgan fingerprint density at radius 3 is 1.58 bits per heavy atom. The molecule has 2 heterocycles. The van der Waals surface area contributed by atoms with Gasteiger partial charge in [-0.3, -0.25) is 9.59 Å². The average molecular weight is 643 g/mol. The molecular weight excluding hydrogens is 604 g/mol. The third kappa shape index (κ3) is 7.89. The molecule has 2 aliphatic heterocycles. The maximum Gasteiger partial charge on any atom is 0.417 e. The zero-order valence-electron chi connectivity index (χ0n) is 26.7. The number of hydrogen-bond donors (Lipinski definition) is 0. The summed E-state index contributed by atoms with van der Waals surface area (Å²) in [5, 5.41) is 0. The summed E-state index contributed by atoms with van der Waals surface area (Å²) in [6.07, 6.45) is 2.15. The van der Waals surface area contributed by atoms with Crippen molar-refractivity contribution < 1.29 is 28.7 Å². The number of amides is 4. The molecule has 4 aromatic rings. The van der Waals surface area contributed by atoms with E-state index in [0.29, 0.717) is 24.8 Å². The normalized spacial score (nSPS) is 18.4. The molecule has 244 valence electrons. The summed E-state index contributed by atoms with van der Waals surface area (Å²) in [4.78, 5) is 57.0. The van der Waals surface area contributed by atoms with Gasteiger partial charge in [0.25, 0.3) is 5.91 Å². The highest BCUT2D eigenvalue weighted by Crippen LogP contribution is 2.27. The van der Waals surface area contributed by atoms with E-state index in [2.05, 4.69) is 0 Å². The van der Waals surface area contributed by atoms with Crippen LogP contribution < -0.4 is 0 Å². The van der Waals surface area contributed by atoms with Crippen LogP contribution in [0.1, 0.15) is 28.7 Å². The number of allylic oxidation sites excluding steroid dienone is 1. The van der Waals surface area contributed by atoms with Crippen LogP contribution in [0.4, 0.5) is 9.59 Å².